The van der Waals surface area contributed by atoms with Crippen LogP contribution < -0.4 is 21.7 Å². The maximum absolute atomic E-state index is 12.3. The lowest BCUT2D eigenvalue weighted by atomic mass is 9.84. The van der Waals surface area contributed by atoms with Crippen molar-refractivity contribution in [2.45, 2.75) is 58.1 Å². The number of benzene rings is 1. The van der Waals surface area contributed by atoms with Gasteiger partial charge in [-0.2, -0.15) is 0 Å². The SMILES string of the molecule is Cn1cnc2c(Nc3cc(NCC4CCCCC4NC(=O)OC(C)(C)C)nnc3C(N)=O)cccc21. The molecule has 0 bridgehead atoms. The summed E-state index contributed by atoms with van der Waals surface area (Å²) in [5, 5.41) is 17.8. The van der Waals surface area contributed by atoms with Gasteiger partial charge in [-0.1, -0.05) is 18.9 Å². The van der Waals surface area contributed by atoms with Crippen LogP contribution in [0.3, 0.4) is 0 Å². The van der Waals surface area contributed by atoms with E-state index in [2.05, 4.69) is 31.1 Å². The normalized spacial score (nSPS) is 18.0. The summed E-state index contributed by atoms with van der Waals surface area (Å²) in [6.07, 6.45) is 5.32. The summed E-state index contributed by atoms with van der Waals surface area (Å²) >= 11 is 0. The average molecular weight is 495 g/mol. The lowest BCUT2D eigenvalue weighted by molar-refractivity contribution is 0.0472. The van der Waals surface area contributed by atoms with Gasteiger partial charge in [0.1, 0.15) is 11.1 Å². The number of ether oxygens (including phenoxy) is 1. The number of primary amides is 1. The zero-order valence-corrected chi connectivity index (χ0v) is 21.2. The summed E-state index contributed by atoms with van der Waals surface area (Å²) in [5.74, 6) is 0.0125. The van der Waals surface area contributed by atoms with Crippen molar-refractivity contribution in [2.75, 3.05) is 17.2 Å². The van der Waals surface area contributed by atoms with Crippen LogP contribution >= 0.6 is 0 Å². The number of anilines is 3. The number of para-hydroxylation sites is 1. The van der Waals surface area contributed by atoms with Crippen molar-refractivity contribution >= 4 is 40.2 Å². The second kappa shape index (κ2) is 10.4. The predicted octanol–water partition coefficient (Wildman–Crippen LogP) is 3.70. The number of carbonyl (C=O) groups excluding carboxylic acids is 2. The first-order valence-corrected chi connectivity index (χ1v) is 12.2. The van der Waals surface area contributed by atoms with E-state index < -0.39 is 17.6 Å². The highest BCUT2D eigenvalue weighted by Gasteiger charge is 2.28. The van der Waals surface area contributed by atoms with Gasteiger partial charge in [0.2, 0.25) is 0 Å². The van der Waals surface area contributed by atoms with Gasteiger partial charge in [0.05, 0.1) is 23.2 Å². The molecule has 11 heteroatoms. The molecule has 0 saturated heterocycles. The highest BCUT2D eigenvalue weighted by molar-refractivity contribution is 5.99. The number of alkyl carbamates (subject to hydrolysis) is 1. The Bertz CT molecular complexity index is 1250. The second-order valence-corrected chi connectivity index (χ2v) is 10.2. The third-order valence-electron chi connectivity index (χ3n) is 6.21. The van der Waals surface area contributed by atoms with Gasteiger partial charge in [0, 0.05) is 25.7 Å². The van der Waals surface area contributed by atoms with Crippen molar-refractivity contribution in [1.29, 1.82) is 0 Å². The molecule has 2 atom stereocenters. The Hall–Kier alpha value is -3.89. The number of rotatable bonds is 7. The van der Waals surface area contributed by atoms with Crippen LogP contribution in [-0.4, -0.2) is 49.9 Å². The van der Waals surface area contributed by atoms with Crippen LogP contribution in [0.25, 0.3) is 11.0 Å². The number of nitrogens with two attached hydrogens (primary N) is 1. The molecular weight excluding hydrogens is 460 g/mol. The number of hydrogen-bond acceptors (Lipinski definition) is 8. The first-order chi connectivity index (χ1) is 17.1. The van der Waals surface area contributed by atoms with Gasteiger partial charge in [0.25, 0.3) is 5.91 Å². The van der Waals surface area contributed by atoms with Gasteiger partial charge in [-0.25, -0.2) is 9.78 Å². The Morgan fingerprint density at radius 2 is 1.94 bits per heavy atom. The molecule has 4 rings (SSSR count). The molecule has 2 aromatic heterocycles. The summed E-state index contributed by atoms with van der Waals surface area (Å²) in [5.41, 5.74) is 7.92. The monoisotopic (exact) mass is 494 g/mol. The molecule has 1 fully saturated rings. The molecule has 0 radical (unpaired) electrons. The standard InChI is InChI=1S/C25H34N8O3/c1-25(2,3)36-24(35)30-16-9-6-5-8-15(16)13-27-20-12-18(22(23(26)34)32-31-20)29-17-10-7-11-19-21(17)28-14-33(19)4/h7,10-12,14-16H,5-6,8-9,13H2,1-4H3,(H2,26,34)(H,30,35)(H2,27,29,31). The van der Waals surface area contributed by atoms with E-state index in [1.807, 2.05) is 50.6 Å². The average Bonchev–Trinajstić information content (AvgIpc) is 3.19. The highest BCUT2D eigenvalue weighted by Crippen LogP contribution is 2.28. The molecule has 3 aromatic rings. The Kier molecular flexibility index (Phi) is 7.27. The molecule has 5 N–H and O–H groups in total. The maximum Gasteiger partial charge on any atom is 0.407 e. The van der Waals surface area contributed by atoms with Crippen LogP contribution in [0.4, 0.5) is 22.0 Å². The predicted molar refractivity (Wildman–Crippen MR) is 138 cm³/mol. The molecule has 192 valence electrons. The second-order valence-electron chi connectivity index (χ2n) is 10.2. The number of fused-ring (bicyclic) bond motifs is 1. The third-order valence-corrected chi connectivity index (χ3v) is 6.21. The van der Waals surface area contributed by atoms with Crippen molar-refractivity contribution in [3.05, 3.63) is 36.3 Å². The molecule has 2 unspecified atom stereocenters. The van der Waals surface area contributed by atoms with Crippen LogP contribution in [0.1, 0.15) is 56.9 Å². The van der Waals surface area contributed by atoms with Crippen LogP contribution in [0.2, 0.25) is 0 Å². The fraction of sp³-hybridized carbons (Fsp3) is 0.480. The summed E-state index contributed by atoms with van der Waals surface area (Å²) in [6.45, 7) is 6.13. The summed E-state index contributed by atoms with van der Waals surface area (Å²) in [6, 6.07) is 7.46. The third kappa shape index (κ3) is 6.02. The van der Waals surface area contributed by atoms with Crippen molar-refractivity contribution in [3.63, 3.8) is 0 Å². The summed E-state index contributed by atoms with van der Waals surface area (Å²) < 4.78 is 7.36. The largest absolute Gasteiger partial charge is 0.444 e. The molecule has 1 aromatic carbocycles. The zero-order chi connectivity index (χ0) is 25.9. The van der Waals surface area contributed by atoms with Gasteiger partial charge in [-0.3, -0.25) is 4.79 Å². The van der Waals surface area contributed by atoms with E-state index in [0.717, 1.165) is 42.4 Å². The minimum absolute atomic E-state index is 0.00157. The minimum atomic E-state index is -0.682. The van der Waals surface area contributed by atoms with Crippen molar-refractivity contribution in [1.82, 2.24) is 25.1 Å². The van der Waals surface area contributed by atoms with Crippen molar-refractivity contribution in [3.8, 4) is 0 Å². The van der Waals surface area contributed by atoms with Crippen LogP contribution in [0.5, 0.6) is 0 Å². The fourth-order valence-corrected chi connectivity index (χ4v) is 4.50. The van der Waals surface area contributed by atoms with Gasteiger partial charge in [0.15, 0.2) is 11.5 Å². The van der Waals surface area contributed by atoms with E-state index in [1.54, 1.807) is 12.4 Å². The molecule has 0 aliphatic heterocycles. The minimum Gasteiger partial charge on any atom is -0.444 e. The van der Waals surface area contributed by atoms with E-state index in [1.165, 1.54) is 0 Å². The Morgan fingerprint density at radius 1 is 1.17 bits per heavy atom. The van der Waals surface area contributed by atoms with Crippen LogP contribution in [0.15, 0.2) is 30.6 Å². The zero-order valence-electron chi connectivity index (χ0n) is 21.2. The quantitative estimate of drug-likeness (QED) is 0.388. The van der Waals surface area contributed by atoms with E-state index in [4.69, 9.17) is 10.5 Å². The number of hydrogen-bond donors (Lipinski definition) is 4. The molecule has 11 nitrogen and oxygen atoms in total. The van der Waals surface area contributed by atoms with E-state index >= 15 is 0 Å². The van der Waals surface area contributed by atoms with E-state index in [0.29, 0.717) is 18.1 Å². The number of aromatic nitrogens is 4. The van der Waals surface area contributed by atoms with E-state index in [9.17, 15) is 9.59 Å². The molecule has 1 aliphatic carbocycles. The first kappa shape index (κ1) is 25.2. The summed E-state index contributed by atoms with van der Waals surface area (Å²) in [4.78, 5) is 28.8. The number of nitrogens with one attached hydrogen (secondary N) is 3. The Morgan fingerprint density at radius 3 is 2.69 bits per heavy atom. The Labute approximate surface area is 210 Å². The highest BCUT2D eigenvalue weighted by atomic mass is 16.6. The molecule has 0 spiro atoms. The van der Waals surface area contributed by atoms with Crippen molar-refractivity contribution in [2.24, 2.45) is 18.7 Å². The summed E-state index contributed by atoms with van der Waals surface area (Å²) in [7, 11) is 1.92. The lowest BCUT2D eigenvalue weighted by Gasteiger charge is -2.33. The van der Waals surface area contributed by atoms with Crippen molar-refractivity contribution < 1.29 is 14.3 Å². The van der Waals surface area contributed by atoms with Gasteiger partial charge in [-0.05, 0) is 51.7 Å². The van der Waals surface area contributed by atoms with Gasteiger partial charge < -0.3 is 31.0 Å². The molecule has 1 aliphatic rings. The van der Waals surface area contributed by atoms with Crippen LogP contribution in [0, 0.1) is 5.92 Å². The molecule has 36 heavy (non-hydrogen) atoms. The first-order valence-electron chi connectivity index (χ1n) is 12.2. The maximum atomic E-state index is 12.3. The Balaban J connectivity index is 1.49. The molecule has 1 saturated carbocycles. The fourth-order valence-electron chi connectivity index (χ4n) is 4.50. The number of amides is 2. The number of carbonyl (C=O) groups is 2. The molecule has 2 amide bonds. The molecule has 2 heterocycles. The smallest absolute Gasteiger partial charge is 0.407 e. The number of imidazole rings is 1. The number of aryl methyl sites for hydroxylation is 1. The van der Waals surface area contributed by atoms with E-state index in [-0.39, 0.29) is 17.7 Å². The topological polar surface area (TPSA) is 149 Å². The van der Waals surface area contributed by atoms with Crippen LogP contribution in [-0.2, 0) is 11.8 Å². The van der Waals surface area contributed by atoms with Gasteiger partial charge in [-0.15, -0.1) is 10.2 Å². The number of nitrogens with zero attached hydrogens (tertiary/aromatic N) is 4. The van der Waals surface area contributed by atoms with Gasteiger partial charge >= 0.3 is 6.09 Å². The lowest BCUT2D eigenvalue weighted by Crippen LogP contribution is -2.46. The molecular formula is C25H34N8O3.